The monoisotopic (exact) mass is 447 g/mol. The quantitative estimate of drug-likeness (QED) is 0.311. The number of hydrogen-bond donors (Lipinski definition) is 0. The number of ether oxygens (including phenoxy) is 1. The summed E-state index contributed by atoms with van der Waals surface area (Å²) in [5.41, 5.74) is 1.17. The van der Waals surface area contributed by atoms with Crippen LogP contribution in [0.15, 0.2) is 57.6 Å². The molecule has 0 saturated carbocycles. The molecule has 148 valence electrons. The fourth-order valence-corrected chi connectivity index (χ4v) is 4.52. The predicted octanol–water partition coefficient (Wildman–Crippen LogP) is 4.15. The number of furan rings is 1. The molecule has 0 spiro atoms. The van der Waals surface area contributed by atoms with Crippen molar-refractivity contribution in [3.63, 3.8) is 0 Å². The van der Waals surface area contributed by atoms with Gasteiger partial charge in [-0.25, -0.2) is 9.78 Å². The predicted molar refractivity (Wildman–Crippen MR) is 107 cm³/mol. The van der Waals surface area contributed by atoms with Gasteiger partial charge in [0.25, 0.3) is 0 Å². The van der Waals surface area contributed by atoms with Crippen molar-refractivity contribution in [1.29, 1.82) is 0 Å². The first kappa shape index (κ1) is 19.7. The van der Waals surface area contributed by atoms with E-state index < -0.39 is 5.97 Å². The minimum atomic E-state index is -0.412. The second kappa shape index (κ2) is 8.81. The van der Waals surface area contributed by atoms with Crippen LogP contribution in [0.5, 0.6) is 0 Å². The van der Waals surface area contributed by atoms with Gasteiger partial charge < -0.3 is 9.15 Å². The van der Waals surface area contributed by atoms with Crippen molar-refractivity contribution in [2.24, 2.45) is 0 Å². The highest BCUT2D eigenvalue weighted by atomic mass is 35.5. The van der Waals surface area contributed by atoms with E-state index in [1.807, 2.05) is 34.9 Å². The van der Waals surface area contributed by atoms with Crippen LogP contribution < -0.4 is 0 Å². The van der Waals surface area contributed by atoms with Gasteiger partial charge in [-0.2, -0.15) is 0 Å². The molecule has 0 aliphatic heterocycles. The Labute approximate surface area is 179 Å². The molecule has 0 N–H and O–H groups in total. The first-order chi connectivity index (χ1) is 14.2. The van der Waals surface area contributed by atoms with Gasteiger partial charge in [0.2, 0.25) is 10.8 Å². The van der Waals surface area contributed by atoms with Gasteiger partial charge in [-0.3, -0.25) is 4.57 Å². The minimum Gasteiger partial charge on any atom is -0.461 e. The van der Waals surface area contributed by atoms with Gasteiger partial charge in [0, 0.05) is 17.5 Å². The van der Waals surface area contributed by atoms with E-state index in [4.69, 9.17) is 20.8 Å². The highest BCUT2D eigenvalue weighted by Gasteiger charge is 2.20. The smallest absolute Gasteiger partial charge is 0.357 e. The summed E-state index contributed by atoms with van der Waals surface area (Å²) in [5.74, 6) is 1.32. The molecule has 0 amide bonds. The summed E-state index contributed by atoms with van der Waals surface area (Å²) in [6, 6.07) is 11.2. The second-order valence-electron chi connectivity index (χ2n) is 5.75. The zero-order chi connectivity index (χ0) is 20.2. The molecule has 4 rings (SSSR count). The lowest BCUT2D eigenvalue weighted by molar-refractivity contribution is -0.288. The molecule has 3 aromatic heterocycles. The lowest BCUT2D eigenvalue weighted by atomic mass is 10.3. The molecular formula is C19H16ClN4O3S2+. The first-order valence-corrected chi connectivity index (χ1v) is 10.9. The summed E-state index contributed by atoms with van der Waals surface area (Å²) >= 11 is 8.19. The van der Waals surface area contributed by atoms with Gasteiger partial charge in [-0.1, -0.05) is 17.8 Å². The van der Waals surface area contributed by atoms with Crippen molar-refractivity contribution in [2.45, 2.75) is 17.8 Å². The Kier molecular flexibility index (Phi) is 5.98. The molecule has 0 saturated heterocycles. The Bertz CT molecular complexity index is 1120. The van der Waals surface area contributed by atoms with Crippen molar-refractivity contribution in [2.75, 3.05) is 6.61 Å². The van der Waals surface area contributed by atoms with E-state index in [2.05, 4.69) is 15.2 Å². The second-order valence-corrected chi connectivity index (χ2v) is 8.11. The van der Waals surface area contributed by atoms with E-state index >= 15 is 0 Å². The third kappa shape index (κ3) is 4.36. The van der Waals surface area contributed by atoms with Gasteiger partial charge in [-0.05, 0) is 25.1 Å². The summed E-state index contributed by atoms with van der Waals surface area (Å²) in [6.07, 6.45) is 1.59. The first-order valence-electron chi connectivity index (χ1n) is 8.66. The molecule has 1 aromatic carbocycles. The van der Waals surface area contributed by atoms with Crippen LogP contribution in [0.4, 0.5) is 0 Å². The molecule has 29 heavy (non-hydrogen) atoms. The average Bonchev–Trinajstić information content (AvgIpc) is 3.46. The highest BCUT2D eigenvalue weighted by molar-refractivity contribution is 7.98. The Morgan fingerprint density at radius 3 is 2.97 bits per heavy atom. The van der Waals surface area contributed by atoms with Crippen molar-refractivity contribution in [1.82, 2.24) is 19.7 Å². The molecule has 0 radical (unpaired) electrons. The summed E-state index contributed by atoms with van der Waals surface area (Å²) < 4.78 is 12.4. The van der Waals surface area contributed by atoms with Gasteiger partial charge in [0.1, 0.15) is 5.01 Å². The molecule has 0 bridgehead atoms. The number of nitrogens with zero attached hydrogens (tertiary/aromatic N) is 4. The number of carbonyl (C=O) groups excluding carboxylic acids is 1. The molecule has 10 heteroatoms. The minimum absolute atomic E-state index is 0.320. The van der Waals surface area contributed by atoms with E-state index in [1.165, 1.54) is 23.1 Å². The Morgan fingerprint density at radius 1 is 1.31 bits per heavy atom. The number of rotatable bonds is 7. The topological polar surface area (TPSA) is 83.0 Å². The molecule has 0 aliphatic rings. The van der Waals surface area contributed by atoms with Crippen LogP contribution in [0.25, 0.3) is 17.3 Å². The summed E-state index contributed by atoms with van der Waals surface area (Å²) in [6.45, 7) is 2.09. The standard InChI is InChI=1S/C19H16ClN4O3S2/c1-2-26-18(25)14-10-28-16(21-14)11-29-19-23-22-17(15-7-4-8-27-15)24(19)13-6-3-5-12(20)9-13/h3-10,20H,2,11H2,1H3/q+1. The summed E-state index contributed by atoms with van der Waals surface area (Å²) in [4.78, 5) is 16.2. The van der Waals surface area contributed by atoms with Gasteiger partial charge in [-0.15, -0.1) is 21.5 Å². The number of halogens is 1. The van der Waals surface area contributed by atoms with E-state index in [1.54, 1.807) is 24.6 Å². The number of benzene rings is 1. The number of carbonyl (C=O) groups is 1. The Hall–Kier alpha value is -2.62. The van der Waals surface area contributed by atoms with Crippen molar-refractivity contribution >= 4 is 29.1 Å². The zero-order valence-electron chi connectivity index (χ0n) is 15.3. The molecule has 4 aromatic rings. The lowest BCUT2D eigenvalue weighted by Gasteiger charge is -2.08. The normalized spacial score (nSPS) is 11.0. The zero-order valence-corrected chi connectivity index (χ0v) is 17.7. The van der Waals surface area contributed by atoms with Crippen LogP contribution in [-0.4, -0.2) is 32.3 Å². The van der Waals surface area contributed by atoms with Crippen LogP contribution in [0.3, 0.4) is 0 Å². The maximum Gasteiger partial charge on any atom is 0.357 e. The molecule has 7 nitrogen and oxygen atoms in total. The fraction of sp³-hybridized carbons (Fsp3) is 0.158. The third-order valence-electron chi connectivity index (χ3n) is 3.81. The maximum absolute atomic E-state index is 11.8. The number of hydrogen-bond acceptors (Lipinski definition) is 8. The number of esters is 1. The molecule has 0 unspecified atom stereocenters. The van der Waals surface area contributed by atoms with E-state index in [-0.39, 0.29) is 0 Å². The van der Waals surface area contributed by atoms with Crippen molar-refractivity contribution in [3.8, 4) is 17.3 Å². The molecule has 0 fully saturated rings. The molecule has 0 aliphatic carbocycles. The van der Waals surface area contributed by atoms with E-state index in [0.29, 0.717) is 34.8 Å². The SMILES string of the molecule is CCOC(=O)c1csc(CSc2nnc(-c3ccco3)n2-c2cccc([ClH+])c2)n1. The van der Waals surface area contributed by atoms with Gasteiger partial charge >= 0.3 is 5.97 Å². The Morgan fingerprint density at radius 2 is 2.21 bits per heavy atom. The molecule has 0 atom stereocenters. The van der Waals surface area contributed by atoms with Crippen LogP contribution in [0.1, 0.15) is 22.4 Å². The van der Waals surface area contributed by atoms with Gasteiger partial charge in [0.05, 0.1) is 24.3 Å². The number of aromatic nitrogens is 4. The summed E-state index contributed by atoms with van der Waals surface area (Å²) in [5, 5.41) is 12.5. The average molecular weight is 448 g/mol. The highest BCUT2D eigenvalue weighted by Crippen LogP contribution is 2.31. The largest absolute Gasteiger partial charge is 0.461 e. The molecule has 3 heterocycles. The maximum atomic E-state index is 11.8. The lowest BCUT2D eigenvalue weighted by Crippen LogP contribution is -2.05. The van der Waals surface area contributed by atoms with Crippen LogP contribution in [0.2, 0.25) is 5.02 Å². The van der Waals surface area contributed by atoms with Gasteiger partial charge in [0.15, 0.2) is 28.2 Å². The Balaban J connectivity index is 1.62. The van der Waals surface area contributed by atoms with E-state index in [9.17, 15) is 4.79 Å². The summed E-state index contributed by atoms with van der Waals surface area (Å²) in [7, 11) is 0. The van der Waals surface area contributed by atoms with Crippen molar-refractivity contribution in [3.05, 3.63) is 63.8 Å². The van der Waals surface area contributed by atoms with E-state index in [0.717, 1.165) is 15.7 Å². The third-order valence-corrected chi connectivity index (χ3v) is 6.04. The molecular weight excluding hydrogens is 432 g/mol. The fourth-order valence-electron chi connectivity index (χ4n) is 2.59. The van der Waals surface area contributed by atoms with Crippen molar-refractivity contribution < 1.29 is 25.5 Å². The number of thiazole rings is 1. The van der Waals surface area contributed by atoms with Crippen LogP contribution in [-0.2, 0) is 10.5 Å². The number of thioether (sulfide) groups is 1. The van der Waals surface area contributed by atoms with Crippen LogP contribution in [0, 0.1) is 11.6 Å². The van der Waals surface area contributed by atoms with Crippen LogP contribution >= 0.6 is 23.1 Å².